The van der Waals surface area contributed by atoms with Crippen molar-refractivity contribution in [2.45, 2.75) is 20.0 Å². The zero-order chi connectivity index (χ0) is 23.8. The fraction of sp³-hybridized carbons (Fsp3) is 0.240. The van der Waals surface area contributed by atoms with E-state index in [-0.39, 0.29) is 12.5 Å². The number of anilines is 1. The van der Waals surface area contributed by atoms with E-state index in [0.717, 1.165) is 23.1 Å². The third-order valence-electron chi connectivity index (χ3n) is 4.99. The highest BCUT2D eigenvalue weighted by atomic mass is 32.2. The number of nitrogens with zero attached hydrogens (tertiary/aromatic N) is 1. The molecule has 3 aromatic carbocycles. The molecule has 0 aromatic heterocycles. The van der Waals surface area contributed by atoms with Crippen molar-refractivity contribution in [1.29, 1.82) is 0 Å². The third-order valence-corrected chi connectivity index (χ3v) is 6.12. The molecule has 0 aliphatic rings. The lowest BCUT2D eigenvalue weighted by atomic mass is 10.1. The second-order valence-corrected chi connectivity index (χ2v) is 9.30. The molecule has 7 nitrogen and oxygen atoms in total. The van der Waals surface area contributed by atoms with Crippen LogP contribution in [0.3, 0.4) is 0 Å². The highest BCUT2D eigenvalue weighted by Crippen LogP contribution is 2.31. The minimum absolute atomic E-state index is 0.122. The smallest absolute Gasteiger partial charge is 0.251 e. The summed E-state index contributed by atoms with van der Waals surface area (Å²) < 4.78 is 37.1. The Labute approximate surface area is 195 Å². The van der Waals surface area contributed by atoms with Crippen molar-refractivity contribution in [3.63, 3.8) is 0 Å². The fourth-order valence-electron chi connectivity index (χ4n) is 3.28. The van der Waals surface area contributed by atoms with E-state index in [2.05, 4.69) is 5.32 Å². The van der Waals surface area contributed by atoms with Crippen molar-refractivity contribution in [1.82, 2.24) is 5.32 Å². The van der Waals surface area contributed by atoms with Gasteiger partial charge in [0.15, 0.2) is 0 Å². The molecule has 1 amide bonds. The van der Waals surface area contributed by atoms with Crippen molar-refractivity contribution in [2.75, 3.05) is 24.3 Å². The standard InChI is InChI=1S/C25H28N2O5S/c1-4-32-24-8-6-5-7-23(24)27(33(3,29)30)18-20-9-13-21(14-10-20)25(28)26-17-19-11-15-22(31-2)16-12-19/h5-16H,4,17-18H2,1-3H3,(H,26,28). The summed E-state index contributed by atoms with van der Waals surface area (Å²) in [4.78, 5) is 12.5. The third kappa shape index (κ3) is 6.49. The number of carbonyl (C=O) groups excluding carboxylic acids is 1. The normalized spacial score (nSPS) is 11.0. The number of nitrogens with one attached hydrogen (secondary N) is 1. The highest BCUT2D eigenvalue weighted by Gasteiger charge is 2.21. The van der Waals surface area contributed by atoms with Gasteiger partial charge in [-0.05, 0) is 54.4 Å². The minimum atomic E-state index is -3.56. The van der Waals surface area contributed by atoms with Crippen molar-refractivity contribution < 1.29 is 22.7 Å². The second kappa shape index (κ2) is 10.9. The van der Waals surface area contributed by atoms with Gasteiger partial charge in [0, 0.05) is 12.1 Å². The van der Waals surface area contributed by atoms with Crippen molar-refractivity contribution in [2.24, 2.45) is 0 Å². The number of para-hydroxylation sites is 2. The van der Waals surface area contributed by atoms with Crippen LogP contribution in [0.5, 0.6) is 11.5 Å². The quantitative estimate of drug-likeness (QED) is 0.486. The number of hydrogen-bond acceptors (Lipinski definition) is 5. The molecule has 0 aliphatic heterocycles. The molecule has 3 rings (SSSR count). The number of benzene rings is 3. The molecule has 0 radical (unpaired) electrons. The first-order chi connectivity index (χ1) is 15.8. The van der Waals surface area contributed by atoms with Gasteiger partial charge in [-0.1, -0.05) is 36.4 Å². The van der Waals surface area contributed by atoms with Crippen molar-refractivity contribution >= 4 is 21.6 Å². The molecule has 3 aromatic rings. The molecule has 0 spiro atoms. The lowest BCUT2D eigenvalue weighted by molar-refractivity contribution is 0.0951. The largest absolute Gasteiger partial charge is 0.497 e. The Balaban J connectivity index is 1.70. The van der Waals surface area contributed by atoms with Gasteiger partial charge in [-0.15, -0.1) is 0 Å². The summed E-state index contributed by atoms with van der Waals surface area (Å²) in [6, 6.07) is 21.4. The zero-order valence-corrected chi connectivity index (χ0v) is 19.8. The van der Waals surface area contributed by atoms with Crippen LogP contribution < -0.4 is 19.1 Å². The van der Waals surface area contributed by atoms with Crippen molar-refractivity contribution in [3.8, 4) is 11.5 Å². The molecule has 0 bridgehead atoms. The van der Waals surface area contributed by atoms with Gasteiger partial charge >= 0.3 is 0 Å². The summed E-state index contributed by atoms with van der Waals surface area (Å²) in [7, 11) is -1.96. The number of carbonyl (C=O) groups is 1. The average molecular weight is 469 g/mol. The van der Waals surface area contributed by atoms with E-state index in [0.29, 0.717) is 30.2 Å². The predicted molar refractivity (Wildman–Crippen MR) is 129 cm³/mol. The fourth-order valence-corrected chi connectivity index (χ4v) is 4.17. The molecule has 174 valence electrons. The monoisotopic (exact) mass is 468 g/mol. The van der Waals surface area contributed by atoms with Crippen LogP contribution in [-0.4, -0.2) is 34.3 Å². The van der Waals surface area contributed by atoms with Gasteiger partial charge in [0.05, 0.1) is 32.2 Å². The Morgan fingerprint density at radius 3 is 2.18 bits per heavy atom. The van der Waals surface area contributed by atoms with Crippen LogP contribution >= 0.6 is 0 Å². The van der Waals surface area contributed by atoms with Gasteiger partial charge in [-0.2, -0.15) is 0 Å². The van der Waals surface area contributed by atoms with E-state index in [9.17, 15) is 13.2 Å². The molecule has 0 saturated carbocycles. The average Bonchev–Trinajstić information content (AvgIpc) is 2.82. The van der Waals surface area contributed by atoms with Gasteiger partial charge in [0.2, 0.25) is 10.0 Å². The summed E-state index contributed by atoms with van der Waals surface area (Å²) >= 11 is 0. The van der Waals surface area contributed by atoms with E-state index in [1.54, 1.807) is 55.6 Å². The lowest BCUT2D eigenvalue weighted by Crippen LogP contribution is -2.29. The topological polar surface area (TPSA) is 84.9 Å². The van der Waals surface area contributed by atoms with E-state index in [4.69, 9.17) is 9.47 Å². The highest BCUT2D eigenvalue weighted by molar-refractivity contribution is 7.92. The van der Waals surface area contributed by atoms with E-state index in [1.165, 1.54) is 4.31 Å². The van der Waals surface area contributed by atoms with Crippen LogP contribution in [0.2, 0.25) is 0 Å². The molecule has 0 heterocycles. The Bertz CT molecular complexity index is 1180. The van der Waals surface area contributed by atoms with Crippen LogP contribution in [0.25, 0.3) is 0 Å². The first kappa shape index (κ1) is 24.1. The molecular weight excluding hydrogens is 440 g/mol. The van der Waals surface area contributed by atoms with Crippen LogP contribution in [0.4, 0.5) is 5.69 Å². The Morgan fingerprint density at radius 2 is 1.58 bits per heavy atom. The maximum atomic E-state index is 12.5. The maximum absolute atomic E-state index is 12.5. The molecule has 0 atom stereocenters. The van der Waals surface area contributed by atoms with Gasteiger partial charge in [-0.3, -0.25) is 9.10 Å². The van der Waals surface area contributed by atoms with Crippen molar-refractivity contribution in [3.05, 3.63) is 89.5 Å². The number of sulfonamides is 1. The minimum Gasteiger partial charge on any atom is -0.497 e. The summed E-state index contributed by atoms with van der Waals surface area (Å²) in [6.45, 7) is 2.78. The number of methoxy groups -OCH3 is 1. The van der Waals surface area contributed by atoms with Gasteiger partial charge in [0.1, 0.15) is 11.5 Å². The van der Waals surface area contributed by atoms with Gasteiger partial charge in [0.25, 0.3) is 5.91 Å². The molecule has 0 unspecified atom stereocenters. The molecule has 0 fully saturated rings. The maximum Gasteiger partial charge on any atom is 0.251 e. The molecular formula is C25H28N2O5S. The Kier molecular flexibility index (Phi) is 7.95. The van der Waals surface area contributed by atoms with Crippen LogP contribution in [0.1, 0.15) is 28.4 Å². The lowest BCUT2D eigenvalue weighted by Gasteiger charge is -2.24. The van der Waals surface area contributed by atoms with E-state index in [1.807, 2.05) is 31.2 Å². The first-order valence-corrected chi connectivity index (χ1v) is 12.4. The number of rotatable bonds is 10. The second-order valence-electron chi connectivity index (χ2n) is 7.40. The van der Waals surface area contributed by atoms with Gasteiger partial charge in [-0.25, -0.2) is 8.42 Å². The summed E-state index contributed by atoms with van der Waals surface area (Å²) in [5.74, 6) is 1.05. The van der Waals surface area contributed by atoms with Crippen LogP contribution in [-0.2, 0) is 23.1 Å². The number of hydrogen-bond donors (Lipinski definition) is 1. The molecule has 33 heavy (non-hydrogen) atoms. The molecule has 8 heteroatoms. The molecule has 0 saturated heterocycles. The SMILES string of the molecule is CCOc1ccccc1N(Cc1ccc(C(=O)NCc2ccc(OC)cc2)cc1)S(C)(=O)=O. The number of amides is 1. The van der Waals surface area contributed by atoms with Gasteiger partial charge < -0.3 is 14.8 Å². The Morgan fingerprint density at radius 1 is 0.939 bits per heavy atom. The zero-order valence-electron chi connectivity index (χ0n) is 18.9. The Hall–Kier alpha value is -3.52. The molecule has 1 N–H and O–H groups in total. The van der Waals surface area contributed by atoms with E-state index >= 15 is 0 Å². The summed E-state index contributed by atoms with van der Waals surface area (Å²) in [5, 5.41) is 2.88. The summed E-state index contributed by atoms with van der Waals surface area (Å²) in [6.07, 6.45) is 1.16. The summed E-state index contributed by atoms with van der Waals surface area (Å²) in [5.41, 5.74) is 2.67. The first-order valence-electron chi connectivity index (χ1n) is 10.5. The predicted octanol–water partition coefficient (Wildman–Crippen LogP) is 3.99. The number of ether oxygens (including phenoxy) is 2. The van der Waals surface area contributed by atoms with Crippen LogP contribution in [0, 0.1) is 0 Å². The molecule has 0 aliphatic carbocycles. The van der Waals surface area contributed by atoms with Crippen LogP contribution in [0.15, 0.2) is 72.8 Å². The van der Waals surface area contributed by atoms with E-state index < -0.39 is 10.0 Å².